The van der Waals surface area contributed by atoms with Gasteiger partial charge in [-0.3, -0.25) is 0 Å². The molecule has 9 heteroatoms. The van der Waals surface area contributed by atoms with E-state index in [1.807, 2.05) is 91.0 Å². The second-order valence-corrected chi connectivity index (χ2v) is 24.4. The molecule has 1 aliphatic heterocycles. The van der Waals surface area contributed by atoms with E-state index in [0.717, 1.165) is 58.8 Å². The molecule has 14 aromatic rings. The van der Waals surface area contributed by atoms with Gasteiger partial charge in [0, 0.05) is 14.8 Å². The Labute approximate surface area is 450 Å². The summed E-state index contributed by atoms with van der Waals surface area (Å²) in [5, 5.41) is 4.26. The molecule has 0 radical (unpaired) electrons. The molecule has 4 aromatic heterocycles. The first-order valence-electron chi connectivity index (χ1n) is 26.9. The maximum absolute atomic E-state index is 9.28. The topological polar surface area (TPSA) is 82.3 Å². The molecule has 0 fully saturated rings. The summed E-state index contributed by atoms with van der Waals surface area (Å²) >= 11 is -0.517. The number of aromatic nitrogens is 7. The Bertz CT molecular complexity index is 4780. The van der Waals surface area contributed by atoms with E-state index >= 15 is 0 Å². The van der Waals surface area contributed by atoms with Crippen molar-refractivity contribution in [1.29, 1.82) is 0 Å². The number of benzene rings is 10. The molecule has 0 atom stereocenters. The van der Waals surface area contributed by atoms with E-state index < -0.39 is 50.0 Å². The molecule has 352 valence electrons. The van der Waals surface area contributed by atoms with Crippen molar-refractivity contribution in [3.05, 3.63) is 253 Å². The number of halogens is 1. The summed E-state index contributed by atoms with van der Waals surface area (Å²) < 4.78 is 53.4. The molecule has 0 saturated heterocycles. The van der Waals surface area contributed by atoms with Crippen molar-refractivity contribution in [2.24, 2.45) is 0 Å². The Kier molecular flexibility index (Phi) is 9.19. The van der Waals surface area contributed by atoms with Crippen LogP contribution in [-0.4, -0.2) is 34.5 Å². The summed E-state index contributed by atoms with van der Waals surface area (Å²) in [4.78, 5) is 31.1. The molecule has 0 unspecified atom stereocenters. The van der Waals surface area contributed by atoms with Gasteiger partial charge in [-0.15, -0.1) is 11.3 Å². The minimum absolute atomic E-state index is 0.0685. The van der Waals surface area contributed by atoms with Crippen molar-refractivity contribution in [2.45, 2.75) is 0 Å². The molecule has 0 saturated carbocycles. The summed E-state index contributed by atoms with van der Waals surface area (Å²) in [7, 11) is 0. The van der Waals surface area contributed by atoms with E-state index in [4.69, 9.17) is 34.0 Å². The van der Waals surface area contributed by atoms with E-state index in [9.17, 15) is 2.74 Å². The van der Waals surface area contributed by atoms with Crippen LogP contribution in [0.1, 0.15) is 6.85 Å². The minimum atomic E-state index is -2.22. The fraction of sp³-hybridized carbons (Fsp3) is 0. The van der Waals surface area contributed by atoms with Crippen LogP contribution in [0.25, 0.3) is 127 Å². The molecule has 0 spiro atoms. The summed E-state index contributed by atoms with van der Waals surface area (Å²) in [6.45, 7) is 0. The van der Waals surface area contributed by atoms with Crippen LogP contribution in [0.3, 0.4) is 0 Å². The zero-order chi connectivity index (χ0) is 53.8. The van der Waals surface area contributed by atoms with Gasteiger partial charge in [-0.2, -0.15) is 0 Å². The quantitative estimate of drug-likeness (QED) is 0.141. The molecule has 10 aromatic carbocycles. The van der Waals surface area contributed by atoms with Crippen LogP contribution in [0.5, 0.6) is 0 Å². The predicted molar refractivity (Wildman–Crippen MR) is 315 cm³/mol. The predicted octanol–water partition coefficient (Wildman–Crippen LogP) is 16.9. The molecule has 1 aliphatic rings. The van der Waals surface area contributed by atoms with Gasteiger partial charge in [0.05, 0.1) is 4.11 Å². The van der Waals surface area contributed by atoms with Gasteiger partial charge in [-0.1, -0.05) is 84.9 Å². The summed E-state index contributed by atoms with van der Waals surface area (Å²) in [6, 6.07) is 70.7. The van der Waals surface area contributed by atoms with Crippen molar-refractivity contribution in [2.75, 3.05) is 0 Å². The molecule has 15 rings (SSSR count). The van der Waals surface area contributed by atoms with E-state index in [0.29, 0.717) is 34.2 Å². The average Bonchev–Trinajstić information content (AvgIpc) is 3.94. The van der Waals surface area contributed by atoms with Crippen LogP contribution in [0, 0.1) is 10.7 Å². The number of hydrogen-bond acceptors (Lipinski definition) is 7. The molecule has 0 aliphatic carbocycles. The molecule has 0 bridgehead atoms. The molecule has 0 N–H and O–H groups in total. The number of thiophene rings is 1. The number of para-hydroxylation sites is 1. The van der Waals surface area contributed by atoms with Crippen molar-refractivity contribution < 1.29 is 6.85 Å². The van der Waals surface area contributed by atoms with Crippen LogP contribution >= 0.6 is 31.2 Å². The third-order valence-electron chi connectivity index (χ3n) is 13.7. The van der Waals surface area contributed by atoms with Gasteiger partial charge in [0.1, 0.15) is 0 Å². The summed E-state index contributed by atoms with van der Waals surface area (Å²) in [6.07, 6.45) is 0. The van der Waals surface area contributed by atoms with Gasteiger partial charge in [-0.05, 0) is 6.07 Å². The van der Waals surface area contributed by atoms with Gasteiger partial charge in [0.15, 0.2) is 0 Å². The Balaban J connectivity index is 1.06. The van der Waals surface area contributed by atoms with Crippen LogP contribution in [0.15, 0.2) is 243 Å². The molecule has 5 heterocycles. The number of nitrogens with zero attached hydrogens (tertiary/aromatic N) is 7. The summed E-state index contributed by atoms with van der Waals surface area (Å²) in [5.41, 5.74) is 8.51. The number of fused-ring (bicyclic) bond motifs is 10. The SMILES string of the molecule is [2H]c1c([2H])c([2H])c(-c2nc(-c3ccc4sc5ccccc5c4c3)nc(-c3cc(-c4nc(-c5ccccc5)nc(-c5ccccc5)n4)ccc3-n3c4ccccc4c4ccc5c(c43)-c3ccccc3I5c3ccccc3)n2)c([2H])c1[2H]. The van der Waals surface area contributed by atoms with E-state index in [-0.39, 0.29) is 23.0 Å². The smallest absolute Gasteiger partial charge is 0.0623 e. The van der Waals surface area contributed by atoms with E-state index in [1.165, 1.54) is 21.8 Å². The number of rotatable bonds is 8. The molecule has 75 heavy (non-hydrogen) atoms. The standard InChI is InChI=1S/C66H40IN7S/c1-5-19-41(20-6-1)61-68-62(42-21-7-2-8-22-42)70-64(69-61)44-33-37-56(74-55-31-17-14-27-47(55)49-35-36-54-59(60(49)74)50-29-13-16-30-53(50)67(54)46-25-11-4-12-26-46)52(40-44)66-72-63(43-23-9-3-10-24-43)71-65(73-66)45-34-38-58-51(39-45)48-28-15-18-32-57(48)75-58/h1-40H/i3D,9D,10D,23D,24D. The first-order valence-corrected chi connectivity index (χ1v) is 28.5. The van der Waals surface area contributed by atoms with Gasteiger partial charge in [0.25, 0.3) is 0 Å². The van der Waals surface area contributed by atoms with Crippen molar-refractivity contribution in [3.8, 4) is 85.1 Å². The third kappa shape index (κ3) is 7.37. The maximum atomic E-state index is 9.28. The molecular weight excluding hydrogens is 1050 g/mol. The van der Waals surface area contributed by atoms with Gasteiger partial charge < -0.3 is 0 Å². The molecule has 0 amide bonds. The first kappa shape index (κ1) is 38.6. The fourth-order valence-corrected chi connectivity index (χ4v) is 17.8. The van der Waals surface area contributed by atoms with E-state index in [1.54, 1.807) is 11.3 Å². The van der Waals surface area contributed by atoms with Gasteiger partial charge in [-0.25, -0.2) is 0 Å². The van der Waals surface area contributed by atoms with Crippen LogP contribution < -0.4 is 0 Å². The zero-order valence-corrected chi connectivity index (χ0v) is 42.6. The normalized spacial score (nSPS) is 13.4. The van der Waals surface area contributed by atoms with E-state index in [2.05, 4.69) is 126 Å². The zero-order valence-electron chi connectivity index (χ0n) is 44.6. The first-order chi connectivity index (χ1) is 39.3. The number of hydrogen-bond donors (Lipinski definition) is 0. The van der Waals surface area contributed by atoms with Crippen LogP contribution in [0.2, 0.25) is 0 Å². The Morgan fingerprint density at radius 1 is 0.373 bits per heavy atom. The Hall–Kier alpha value is -9.03. The van der Waals surface area contributed by atoms with Crippen molar-refractivity contribution in [3.63, 3.8) is 0 Å². The van der Waals surface area contributed by atoms with Crippen LogP contribution in [0.4, 0.5) is 0 Å². The van der Waals surface area contributed by atoms with Crippen molar-refractivity contribution in [1.82, 2.24) is 34.5 Å². The Morgan fingerprint density at radius 3 is 1.67 bits per heavy atom. The van der Waals surface area contributed by atoms with Gasteiger partial charge in [0.2, 0.25) is 0 Å². The monoisotopic (exact) mass is 1090 g/mol. The molecule has 7 nitrogen and oxygen atoms in total. The second kappa shape index (κ2) is 17.9. The summed E-state index contributed by atoms with van der Waals surface area (Å²) in [5.74, 6) is 1.81. The average molecular weight is 1100 g/mol. The van der Waals surface area contributed by atoms with Crippen molar-refractivity contribution >= 4 is 73.1 Å². The van der Waals surface area contributed by atoms with Gasteiger partial charge >= 0.3 is 332 Å². The fourth-order valence-electron chi connectivity index (χ4n) is 10.4. The van der Waals surface area contributed by atoms with Crippen LogP contribution in [-0.2, 0) is 0 Å². The second-order valence-electron chi connectivity index (χ2n) is 18.1. The minimum Gasteiger partial charge on any atom is 0.0623 e. The Morgan fingerprint density at radius 2 is 0.933 bits per heavy atom. The third-order valence-corrected chi connectivity index (χ3v) is 21.0. The molecular formula is C66H40IN7S.